The van der Waals surface area contributed by atoms with Gasteiger partial charge in [-0.25, -0.2) is 0 Å². The average molecular weight is 249 g/mol. The number of hydrogen-bond acceptors (Lipinski definition) is 3. The number of nitrogens with zero attached hydrogens (tertiary/aromatic N) is 1. The van der Waals surface area contributed by atoms with Gasteiger partial charge in [0, 0.05) is 18.0 Å². The van der Waals surface area contributed by atoms with Crippen molar-refractivity contribution in [3.8, 4) is 0 Å². The van der Waals surface area contributed by atoms with E-state index in [-0.39, 0.29) is 11.2 Å². The Kier molecular flexibility index (Phi) is 3.07. The van der Waals surface area contributed by atoms with Gasteiger partial charge in [-0.05, 0) is 18.1 Å². The highest BCUT2D eigenvalue weighted by Crippen LogP contribution is 2.37. The third-order valence-corrected chi connectivity index (χ3v) is 4.55. The first-order chi connectivity index (χ1) is 8.34. The van der Waals surface area contributed by atoms with Gasteiger partial charge in [0.2, 0.25) is 5.91 Å². The molecule has 1 aromatic rings. The van der Waals surface area contributed by atoms with Crippen LogP contribution in [0.1, 0.15) is 5.56 Å². The van der Waals surface area contributed by atoms with Crippen molar-refractivity contribution in [3.63, 3.8) is 0 Å². The van der Waals surface area contributed by atoms with Crippen LogP contribution in [0.25, 0.3) is 0 Å². The highest BCUT2D eigenvalue weighted by molar-refractivity contribution is 8.01. The number of hydrogen-bond donors (Lipinski definition) is 0. The Bertz CT molecular complexity index is 404. The van der Waals surface area contributed by atoms with Crippen LogP contribution in [0.4, 0.5) is 0 Å². The quantitative estimate of drug-likeness (QED) is 0.756. The Labute approximate surface area is 105 Å². The summed E-state index contributed by atoms with van der Waals surface area (Å²) in [5, 5.41) is 0.0745. The van der Waals surface area contributed by atoms with Gasteiger partial charge in [-0.3, -0.25) is 4.79 Å². The Balaban J connectivity index is 1.69. The summed E-state index contributed by atoms with van der Waals surface area (Å²) in [7, 11) is 0. The Hall–Kier alpha value is -1.00. The van der Waals surface area contributed by atoms with Gasteiger partial charge < -0.3 is 9.64 Å². The molecule has 0 radical (unpaired) electrons. The molecule has 2 aliphatic heterocycles. The summed E-state index contributed by atoms with van der Waals surface area (Å²) in [6.07, 6.45) is 0.872. The van der Waals surface area contributed by atoms with Crippen molar-refractivity contribution in [2.45, 2.75) is 16.6 Å². The molecule has 2 heterocycles. The number of ether oxygens (including phenoxy) is 1. The van der Waals surface area contributed by atoms with Crippen LogP contribution in [0.2, 0.25) is 0 Å². The molecule has 1 atom stereocenters. The van der Waals surface area contributed by atoms with Crippen molar-refractivity contribution >= 4 is 17.7 Å². The molecule has 2 aliphatic rings. The molecular weight excluding hydrogens is 234 g/mol. The predicted octanol–water partition coefficient (Wildman–Crippen LogP) is 1.56. The van der Waals surface area contributed by atoms with E-state index in [4.69, 9.17) is 4.74 Å². The number of amides is 1. The number of carbonyl (C=O) groups is 1. The minimum Gasteiger partial charge on any atom is -0.378 e. The minimum atomic E-state index is 0.0745. The molecule has 0 N–H and O–H groups in total. The Morgan fingerprint density at radius 3 is 2.82 bits per heavy atom. The van der Waals surface area contributed by atoms with Gasteiger partial charge in [0.15, 0.2) is 0 Å². The molecule has 1 aromatic carbocycles. The summed E-state index contributed by atoms with van der Waals surface area (Å²) in [5.41, 5.74) is 1.31. The first-order valence-electron chi connectivity index (χ1n) is 5.96. The summed E-state index contributed by atoms with van der Waals surface area (Å²) in [6, 6.07) is 8.30. The average Bonchev–Trinajstić information content (AvgIpc) is 2.82. The van der Waals surface area contributed by atoms with E-state index in [1.807, 2.05) is 17.0 Å². The number of benzene rings is 1. The zero-order chi connectivity index (χ0) is 11.7. The third kappa shape index (κ3) is 2.19. The maximum atomic E-state index is 12.3. The lowest BCUT2D eigenvalue weighted by atomic mass is 10.1. The van der Waals surface area contributed by atoms with Crippen molar-refractivity contribution in [2.24, 2.45) is 0 Å². The first-order valence-corrected chi connectivity index (χ1v) is 6.83. The van der Waals surface area contributed by atoms with Crippen LogP contribution in [0.3, 0.4) is 0 Å². The SMILES string of the molecule is O=C(C1Cc2ccccc2S1)N1CCOCC1. The lowest BCUT2D eigenvalue weighted by Gasteiger charge is -2.28. The zero-order valence-electron chi connectivity index (χ0n) is 9.59. The van der Waals surface area contributed by atoms with E-state index >= 15 is 0 Å². The topological polar surface area (TPSA) is 29.5 Å². The summed E-state index contributed by atoms with van der Waals surface area (Å²) in [6.45, 7) is 2.84. The van der Waals surface area contributed by atoms with E-state index in [1.165, 1.54) is 10.5 Å². The molecule has 1 amide bonds. The Morgan fingerprint density at radius 2 is 2.06 bits per heavy atom. The number of fused-ring (bicyclic) bond motifs is 1. The number of rotatable bonds is 1. The van der Waals surface area contributed by atoms with Crippen molar-refractivity contribution in [1.82, 2.24) is 4.90 Å². The molecule has 1 unspecified atom stereocenters. The fraction of sp³-hybridized carbons (Fsp3) is 0.462. The van der Waals surface area contributed by atoms with E-state index in [2.05, 4.69) is 12.1 Å². The van der Waals surface area contributed by atoms with Crippen molar-refractivity contribution in [2.75, 3.05) is 26.3 Å². The van der Waals surface area contributed by atoms with Gasteiger partial charge in [0.1, 0.15) is 0 Å². The number of thioether (sulfide) groups is 1. The van der Waals surface area contributed by atoms with Gasteiger partial charge in [-0.15, -0.1) is 11.8 Å². The van der Waals surface area contributed by atoms with E-state index in [9.17, 15) is 4.79 Å². The normalized spacial score (nSPS) is 23.5. The van der Waals surface area contributed by atoms with Gasteiger partial charge in [0.05, 0.1) is 18.5 Å². The highest BCUT2D eigenvalue weighted by atomic mass is 32.2. The Morgan fingerprint density at radius 1 is 1.29 bits per heavy atom. The lowest BCUT2D eigenvalue weighted by molar-refractivity contribution is -0.134. The van der Waals surface area contributed by atoms with Crippen LogP contribution in [0, 0.1) is 0 Å². The predicted molar refractivity (Wildman–Crippen MR) is 67.2 cm³/mol. The van der Waals surface area contributed by atoms with Gasteiger partial charge >= 0.3 is 0 Å². The molecule has 90 valence electrons. The summed E-state index contributed by atoms with van der Waals surface area (Å²) >= 11 is 1.71. The largest absolute Gasteiger partial charge is 0.378 e. The van der Waals surface area contributed by atoms with Crippen LogP contribution in [0.15, 0.2) is 29.2 Å². The lowest BCUT2D eigenvalue weighted by Crippen LogP contribution is -2.44. The van der Waals surface area contributed by atoms with E-state index < -0.39 is 0 Å². The standard InChI is InChI=1S/C13H15NO2S/c15-13(14-5-7-16-8-6-14)12-9-10-3-1-2-4-11(10)17-12/h1-4,12H,5-9H2. The zero-order valence-corrected chi connectivity index (χ0v) is 10.4. The molecule has 3 nitrogen and oxygen atoms in total. The van der Waals surface area contributed by atoms with Crippen LogP contribution >= 0.6 is 11.8 Å². The molecule has 0 aliphatic carbocycles. The monoisotopic (exact) mass is 249 g/mol. The van der Waals surface area contributed by atoms with Crippen LogP contribution in [-0.2, 0) is 16.0 Å². The maximum Gasteiger partial charge on any atom is 0.236 e. The second kappa shape index (κ2) is 4.70. The van der Waals surface area contributed by atoms with E-state index in [0.29, 0.717) is 13.2 Å². The molecule has 0 saturated carbocycles. The van der Waals surface area contributed by atoms with Crippen molar-refractivity contribution < 1.29 is 9.53 Å². The van der Waals surface area contributed by atoms with Crippen LogP contribution < -0.4 is 0 Å². The minimum absolute atomic E-state index is 0.0745. The molecule has 3 rings (SSSR count). The van der Waals surface area contributed by atoms with Crippen LogP contribution in [0.5, 0.6) is 0 Å². The van der Waals surface area contributed by atoms with Crippen LogP contribution in [-0.4, -0.2) is 42.4 Å². The van der Waals surface area contributed by atoms with Crippen molar-refractivity contribution in [3.05, 3.63) is 29.8 Å². The molecule has 17 heavy (non-hydrogen) atoms. The van der Waals surface area contributed by atoms with E-state index in [0.717, 1.165) is 19.5 Å². The third-order valence-electron chi connectivity index (χ3n) is 3.25. The highest BCUT2D eigenvalue weighted by Gasteiger charge is 2.31. The molecule has 0 bridgehead atoms. The summed E-state index contributed by atoms with van der Waals surface area (Å²) in [5.74, 6) is 0.273. The second-order valence-electron chi connectivity index (χ2n) is 4.36. The van der Waals surface area contributed by atoms with Gasteiger partial charge in [-0.2, -0.15) is 0 Å². The van der Waals surface area contributed by atoms with Crippen molar-refractivity contribution in [1.29, 1.82) is 0 Å². The summed E-state index contributed by atoms with van der Waals surface area (Å²) in [4.78, 5) is 15.5. The molecule has 4 heteroatoms. The number of carbonyl (C=O) groups excluding carboxylic acids is 1. The maximum absolute atomic E-state index is 12.3. The first kappa shape index (κ1) is 11.1. The van der Waals surface area contributed by atoms with Gasteiger partial charge in [0.25, 0.3) is 0 Å². The molecule has 0 aromatic heterocycles. The number of morpholine rings is 1. The summed E-state index contributed by atoms with van der Waals surface area (Å²) < 4.78 is 5.27. The fourth-order valence-corrected chi connectivity index (χ4v) is 3.59. The van der Waals surface area contributed by atoms with E-state index in [1.54, 1.807) is 11.8 Å². The molecule has 0 spiro atoms. The smallest absolute Gasteiger partial charge is 0.236 e. The molecule has 1 saturated heterocycles. The molecule has 1 fully saturated rings. The second-order valence-corrected chi connectivity index (χ2v) is 5.60. The van der Waals surface area contributed by atoms with Gasteiger partial charge in [-0.1, -0.05) is 18.2 Å². The molecular formula is C13H15NO2S. The fourth-order valence-electron chi connectivity index (χ4n) is 2.31.